The zero-order valence-electron chi connectivity index (χ0n) is 11.0. The predicted molar refractivity (Wildman–Crippen MR) is 74.2 cm³/mol. The molecule has 0 aliphatic rings. The molecule has 0 saturated carbocycles. The summed E-state index contributed by atoms with van der Waals surface area (Å²) in [7, 11) is 0. The lowest BCUT2D eigenvalue weighted by Gasteiger charge is -2.08. The summed E-state index contributed by atoms with van der Waals surface area (Å²) in [4.78, 5) is 22.7. The number of carbonyl (C=O) groups excluding carboxylic acids is 1. The first-order valence-electron chi connectivity index (χ1n) is 6.13. The highest BCUT2D eigenvalue weighted by molar-refractivity contribution is 6.09. The molecule has 4 nitrogen and oxygen atoms in total. The minimum Gasteiger partial charge on any atom is -0.482 e. The van der Waals surface area contributed by atoms with Gasteiger partial charge in [0.15, 0.2) is 12.4 Å². The lowest BCUT2D eigenvalue weighted by Crippen LogP contribution is -2.10. The van der Waals surface area contributed by atoms with Gasteiger partial charge in [-0.05, 0) is 30.7 Å². The average molecular weight is 270 g/mol. The van der Waals surface area contributed by atoms with Crippen LogP contribution in [0.2, 0.25) is 0 Å². The molecular formula is C16H14O4. The number of carboxylic acids is 1. The molecule has 0 unspecified atom stereocenters. The van der Waals surface area contributed by atoms with Crippen LogP contribution < -0.4 is 4.74 Å². The fourth-order valence-electron chi connectivity index (χ4n) is 1.85. The van der Waals surface area contributed by atoms with Crippen LogP contribution in [0.4, 0.5) is 0 Å². The summed E-state index contributed by atoms with van der Waals surface area (Å²) in [6, 6.07) is 13.9. The SMILES string of the molecule is Cc1cc(C(=O)c2ccccc2)ccc1OCC(=O)O. The molecule has 0 saturated heterocycles. The molecule has 0 atom stereocenters. The normalized spacial score (nSPS) is 10.1. The highest BCUT2D eigenvalue weighted by atomic mass is 16.5. The minimum atomic E-state index is -1.03. The van der Waals surface area contributed by atoms with Gasteiger partial charge < -0.3 is 9.84 Å². The molecule has 102 valence electrons. The summed E-state index contributed by atoms with van der Waals surface area (Å²) >= 11 is 0. The molecule has 0 heterocycles. The van der Waals surface area contributed by atoms with E-state index in [2.05, 4.69) is 0 Å². The van der Waals surface area contributed by atoms with E-state index < -0.39 is 12.6 Å². The Kier molecular flexibility index (Phi) is 4.15. The smallest absolute Gasteiger partial charge is 0.341 e. The maximum Gasteiger partial charge on any atom is 0.341 e. The zero-order chi connectivity index (χ0) is 14.5. The monoisotopic (exact) mass is 270 g/mol. The largest absolute Gasteiger partial charge is 0.482 e. The van der Waals surface area contributed by atoms with Gasteiger partial charge >= 0.3 is 5.97 Å². The molecule has 0 aromatic heterocycles. The number of hydrogen-bond donors (Lipinski definition) is 1. The van der Waals surface area contributed by atoms with Crippen LogP contribution in [0.25, 0.3) is 0 Å². The van der Waals surface area contributed by atoms with Crippen molar-refractivity contribution in [2.45, 2.75) is 6.92 Å². The molecular weight excluding hydrogens is 256 g/mol. The van der Waals surface area contributed by atoms with E-state index in [0.29, 0.717) is 16.9 Å². The number of hydrogen-bond acceptors (Lipinski definition) is 3. The Labute approximate surface area is 116 Å². The quantitative estimate of drug-likeness (QED) is 0.848. The van der Waals surface area contributed by atoms with Gasteiger partial charge in [-0.2, -0.15) is 0 Å². The first-order chi connectivity index (χ1) is 9.58. The summed E-state index contributed by atoms with van der Waals surface area (Å²) < 4.78 is 5.13. The van der Waals surface area contributed by atoms with E-state index in [1.807, 2.05) is 18.2 Å². The highest BCUT2D eigenvalue weighted by Crippen LogP contribution is 2.21. The van der Waals surface area contributed by atoms with Gasteiger partial charge in [0.2, 0.25) is 0 Å². The van der Waals surface area contributed by atoms with Crippen molar-refractivity contribution in [3.05, 3.63) is 65.2 Å². The average Bonchev–Trinajstić information content (AvgIpc) is 2.46. The summed E-state index contributed by atoms with van der Waals surface area (Å²) in [6.07, 6.45) is 0. The van der Waals surface area contributed by atoms with Gasteiger partial charge in [0.05, 0.1) is 0 Å². The van der Waals surface area contributed by atoms with E-state index >= 15 is 0 Å². The summed E-state index contributed by atoms with van der Waals surface area (Å²) in [5.74, 6) is -0.635. The summed E-state index contributed by atoms with van der Waals surface area (Å²) in [6.45, 7) is 1.38. The first kappa shape index (κ1) is 13.8. The number of ether oxygens (including phenoxy) is 1. The number of rotatable bonds is 5. The Hall–Kier alpha value is -2.62. The van der Waals surface area contributed by atoms with Gasteiger partial charge in [0.25, 0.3) is 0 Å². The Morgan fingerprint density at radius 3 is 2.35 bits per heavy atom. The number of benzene rings is 2. The Balaban J connectivity index is 2.21. The molecule has 0 aliphatic heterocycles. The zero-order valence-corrected chi connectivity index (χ0v) is 11.0. The molecule has 0 fully saturated rings. The number of carboxylic acid groups (broad SMARTS) is 1. The fraction of sp³-hybridized carbons (Fsp3) is 0.125. The second kappa shape index (κ2) is 6.02. The van der Waals surface area contributed by atoms with Crippen molar-refractivity contribution >= 4 is 11.8 Å². The highest BCUT2D eigenvalue weighted by Gasteiger charge is 2.11. The van der Waals surface area contributed by atoms with E-state index in [-0.39, 0.29) is 5.78 Å². The van der Waals surface area contributed by atoms with Gasteiger partial charge in [-0.3, -0.25) is 4.79 Å². The van der Waals surface area contributed by atoms with Gasteiger partial charge in [-0.15, -0.1) is 0 Å². The number of carbonyl (C=O) groups is 2. The second-order valence-corrected chi connectivity index (χ2v) is 4.36. The van der Waals surface area contributed by atoms with Crippen molar-refractivity contribution in [3.8, 4) is 5.75 Å². The third-order valence-electron chi connectivity index (χ3n) is 2.82. The van der Waals surface area contributed by atoms with Crippen LogP contribution in [0.1, 0.15) is 21.5 Å². The molecule has 0 amide bonds. The summed E-state index contributed by atoms with van der Waals surface area (Å²) in [5, 5.41) is 8.58. The molecule has 2 aromatic rings. The van der Waals surface area contributed by atoms with Gasteiger partial charge in [-0.1, -0.05) is 30.3 Å². The van der Waals surface area contributed by atoms with Crippen molar-refractivity contribution in [1.82, 2.24) is 0 Å². The summed E-state index contributed by atoms with van der Waals surface area (Å²) in [5.41, 5.74) is 1.90. The Morgan fingerprint density at radius 2 is 1.75 bits per heavy atom. The molecule has 1 N–H and O–H groups in total. The van der Waals surface area contributed by atoms with Crippen LogP contribution in [-0.4, -0.2) is 23.5 Å². The number of aryl methyl sites for hydroxylation is 1. The minimum absolute atomic E-state index is 0.0708. The molecule has 20 heavy (non-hydrogen) atoms. The maximum absolute atomic E-state index is 12.2. The molecule has 2 aromatic carbocycles. The number of aliphatic carboxylic acids is 1. The van der Waals surface area contributed by atoms with E-state index in [0.717, 1.165) is 5.56 Å². The van der Waals surface area contributed by atoms with Gasteiger partial charge in [0.1, 0.15) is 5.75 Å². The third kappa shape index (κ3) is 3.23. The molecule has 0 radical (unpaired) electrons. The first-order valence-corrected chi connectivity index (χ1v) is 6.13. The lowest BCUT2D eigenvalue weighted by atomic mass is 10.0. The van der Waals surface area contributed by atoms with E-state index in [4.69, 9.17) is 9.84 Å². The van der Waals surface area contributed by atoms with Crippen LogP contribution in [0.15, 0.2) is 48.5 Å². The molecule has 0 bridgehead atoms. The Morgan fingerprint density at radius 1 is 1.05 bits per heavy atom. The van der Waals surface area contributed by atoms with Gasteiger partial charge in [-0.25, -0.2) is 4.79 Å². The third-order valence-corrected chi connectivity index (χ3v) is 2.82. The van der Waals surface area contributed by atoms with Crippen LogP contribution in [0.5, 0.6) is 5.75 Å². The molecule has 4 heteroatoms. The van der Waals surface area contributed by atoms with Crippen LogP contribution in [0, 0.1) is 6.92 Å². The fourth-order valence-corrected chi connectivity index (χ4v) is 1.85. The lowest BCUT2D eigenvalue weighted by molar-refractivity contribution is -0.139. The predicted octanol–water partition coefficient (Wildman–Crippen LogP) is 2.69. The molecule has 0 spiro atoms. The standard InChI is InChI=1S/C16H14O4/c1-11-9-13(7-8-14(11)20-10-15(17)18)16(19)12-5-3-2-4-6-12/h2-9H,10H2,1H3,(H,17,18). The van der Waals surface area contributed by atoms with Crippen molar-refractivity contribution in [1.29, 1.82) is 0 Å². The maximum atomic E-state index is 12.2. The number of ketones is 1. The van der Waals surface area contributed by atoms with Crippen LogP contribution >= 0.6 is 0 Å². The topological polar surface area (TPSA) is 63.6 Å². The molecule has 0 aliphatic carbocycles. The van der Waals surface area contributed by atoms with Crippen molar-refractivity contribution in [3.63, 3.8) is 0 Å². The van der Waals surface area contributed by atoms with Crippen molar-refractivity contribution in [2.75, 3.05) is 6.61 Å². The van der Waals surface area contributed by atoms with Crippen molar-refractivity contribution in [2.24, 2.45) is 0 Å². The molecule has 2 rings (SSSR count). The van der Waals surface area contributed by atoms with Crippen LogP contribution in [0.3, 0.4) is 0 Å². The Bertz CT molecular complexity index is 632. The van der Waals surface area contributed by atoms with E-state index in [1.165, 1.54) is 0 Å². The van der Waals surface area contributed by atoms with E-state index in [1.54, 1.807) is 37.3 Å². The van der Waals surface area contributed by atoms with Gasteiger partial charge in [0, 0.05) is 11.1 Å². The van der Waals surface area contributed by atoms with Crippen molar-refractivity contribution < 1.29 is 19.4 Å². The van der Waals surface area contributed by atoms with E-state index in [9.17, 15) is 9.59 Å². The second-order valence-electron chi connectivity index (χ2n) is 4.36. The van der Waals surface area contributed by atoms with Crippen LogP contribution in [-0.2, 0) is 4.79 Å².